The van der Waals surface area contributed by atoms with Gasteiger partial charge in [0.25, 0.3) is 5.69 Å². The fourth-order valence-electron chi connectivity index (χ4n) is 1.45. The minimum Gasteiger partial charge on any atom is -0.462 e. The number of esters is 1. The van der Waals surface area contributed by atoms with E-state index in [9.17, 15) is 23.7 Å². The SMILES string of the molecule is CCOC(=O)c1cc(OC(F)F)c(CCl)cc1[N+](=O)[O-]. The summed E-state index contributed by atoms with van der Waals surface area (Å²) < 4.78 is 33.3. The monoisotopic (exact) mass is 309 g/mol. The molecule has 0 fully saturated rings. The molecule has 1 aromatic carbocycles. The summed E-state index contributed by atoms with van der Waals surface area (Å²) >= 11 is 5.52. The van der Waals surface area contributed by atoms with E-state index in [1.54, 1.807) is 0 Å². The van der Waals surface area contributed by atoms with Crippen LogP contribution in [0, 0.1) is 10.1 Å². The van der Waals surface area contributed by atoms with Crippen molar-refractivity contribution < 1.29 is 28.0 Å². The zero-order valence-electron chi connectivity index (χ0n) is 10.3. The van der Waals surface area contributed by atoms with Gasteiger partial charge in [-0.2, -0.15) is 8.78 Å². The molecule has 1 aromatic rings. The first kappa shape index (κ1) is 16.1. The van der Waals surface area contributed by atoms with E-state index in [4.69, 9.17) is 11.6 Å². The van der Waals surface area contributed by atoms with E-state index < -0.39 is 34.5 Å². The van der Waals surface area contributed by atoms with Crippen molar-refractivity contribution in [3.8, 4) is 5.75 Å². The second kappa shape index (κ2) is 6.99. The fourth-order valence-corrected chi connectivity index (χ4v) is 1.65. The van der Waals surface area contributed by atoms with Gasteiger partial charge in [-0.15, -0.1) is 11.6 Å². The highest BCUT2D eigenvalue weighted by Gasteiger charge is 2.25. The van der Waals surface area contributed by atoms with Gasteiger partial charge in [0.15, 0.2) is 0 Å². The van der Waals surface area contributed by atoms with Crippen LogP contribution in [0.15, 0.2) is 12.1 Å². The number of hydrogen-bond acceptors (Lipinski definition) is 5. The molecule has 20 heavy (non-hydrogen) atoms. The number of carbonyl (C=O) groups is 1. The number of nitro benzene ring substituents is 1. The Balaban J connectivity index is 3.38. The lowest BCUT2D eigenvalue weighted by molar-refractivity contribution is -0.385. The number of nitrogens with zero attached hydrogens (tertiary/aromatic N) is 1. The van der Waals surface area contributed by atoms with Gasteiger partial charge in [0.05, 0.1) is 17.4 Å². The highest BCUT2D eigenvalue weighted by molar-refractivity contribution is 6.17. The summed E-state index contributed by atoms with van der Waals surface area (Å²) in [7, 11) is 0. The highest BCUT2D eigenvalue weighted by atomic mass is 35.5. The second-order valence-corrected chi connectivity index (χ2v) is 3.73. The van der Waals surface area contributed by atoms with E-state index in [-0.39, 0.29) is 18.1 Å². The van der Waals surface area contributed by atoms with Gasteiger partial charge in [0.1, 0.15) is 11.3 Å². The van der Waals surface area contributed by atoms with Crippen LogP contribution >= 0.6 is 11.6 Å². The zero-order valence-corrected chi connectivity index (χ0v) is 11.0. The van der Waals surface area contributed by atoms with Crippen LogP contribution < -0.4 is 4.74 Å². The van der Waals surface area contributed by atoms with Crippen LogP contribution in [0.3, 0.4) is 0 Å². The topological polar surface area (TPSA) is 78.7 Å². The Morgan fingerprint density at radius 2 is 2.15 bits per heavy atom. The minimum atomic E-state index is -3.14. The van der Waals surface area contributed by atoms with E-state index in [1.165, 1.54) is 6.92 Å². The van der Waals surface area contributed by atoms with Gasteiger partial charge >= 0.3 is 12.6 Å². The minimum absolute atomic E-state index is 0.0156. The molecule has 6 nitrogen and oxygen atoms in total. The Bertz CT molecular complexity index is 524. The van der Waals surface area contributed by atoms with Crippen molar-refractivity contribution in [2.45, 2.75) is 19.4 Å². The van der Waals surface area contributed by atoms with Gasteiger partial charge < -0.3 is 9.47 Å². The van der Waals surface area contributed by atoms with Crippen LogP contribution in [0.4, 0.5) is 14.5 Å². The number of nitro groups is 1. The van der Waals surface area contributed by atoms with Gasteiger partial charge in [0.2, 0.25) is 0 Å². The van der Waals surface area contributed by atoms with Gasteiger partial charge in [-0.3, -0.25) is 10.1 Å². The molecule has 0 bridgehead atoms. The molecular weight excluding hydrogens is 300 g/mol. The van der Waals surface area contributed by atoms with E-state index in [0.717, 1.165) is 12.1 Å². The number of rotatable bonds is 6. The smallest absolute Gasteiger partial charge is 0.387 e. The van der Waals surface area contributed by atoms with Crippen LogP contribution in [0.1, 0.15) is 22.8 Å². The molecular formula is C11H10ClF2NO5. The number of alkyl halides is 3. The van der Waals surface area contributed by atoms with E-state index in [2.05, 4.69) is 9.47 Å². The quantitative estimate of drug-likeness (QED) is 0.349. The largest absolute Gasteiger partial charge is 0.462 e. The van der Waals surface area contributed by atoms with Crippen molar-refractivity contribution in [1.82, 2.24) is 0 Å². The van der Waals surface area contributed by atoms with Crippen LogP contribution in [-0.4, -0.2) is 24.1 Å². The maximum absolute atomic E-state index is 12.3. The lowest BCUT2D eigenvalue weighted by Gasteiger charge is -2.11. The predicted molar refractivity (Wildman–Crippen MR) is 65.2 cm³/mol. The molecule has 0 unspecified atom stereocenters. The van der Waals surface area contributed by atoms with Crippen LogP contribution in [0.25, 0.3) is 0 Å². The lowest BCUT2D eigenvalue weighted by Crippen LogP contribution is -2.11. The number of ether oxygens (including phenoxy) is 2. The van der Waals surface area contributed by atoms with Crippen molar-refractivity contribution in [3.05, 3.63) is 33.4 Å². The Morgan fingerprint density at radius 3 is 2.60 bits per heavy atom. The van der Waals surface area contributed by atoms with Gasteiger partial charge in [-0.05, 0) is 6.92 Å². The van der Waals surface area contributed by atoms with Crippen molar-refractivity contribution in [2.75, 3.05) is 6.61 Å². The first-order chi connectivity index (χ1) is 9.40. The molecule has 0 aliphatic heterocycles. The third-order valence-corrected chi connectivity index (χ3v) is 2.52. The summed E-state index contributed by atoms with van der Waals surface area (Å²) in [6.07, 6.45) is 0. The molecule has 0 N–H and O–H groups in total. The summed E-state index contributed by atoms with van der Waals surface area (Å²) in [5, 5.41) is 10.9. The van der Waals surface area contributed by atoms with Crippen molar-refractivity contribution in [3.63, 3.8) is 0 Å². The standard InChI is InChI=1S/C11H10ClF2NO5/c1-2-19-10(16)7-4-9(20-11(13)14)6(5-12)3-8(7)15(17)18/h3-4,11H,2,5H2,1H3. The van der Waals surface area contributed by atoms with Crippen LogP contribution in [-0.2, 0) is 10.6 Å². The Hall–Kier alpha value is -1.96. The summed E-state index contributed by atoms with van der Waals surface area (Å²) in [4.78, 5) is 21.7. The first-order valence-electron chi connectivity index (χ1n) is 5.39. The average Bonchev–Trinajstić information content (AvgIpc) is 2.37. The summed E-state index contributed by atoms with van der Waals surface area (Å²) in [5.41, 5.74) is -1.08. The van der Waals surface area contributed by atoms with Crippen LogP contribution in [0.5, 0.6) is 5.75 Å². The van der Waals surface area contributed by atoms with Crippen molar-refractivity contribution in [2.24, 2.45) is 0 Å². The molecule has 0 atom stereocenters. The third-order valence-electron chi connectivity index (χ3n) is 2.23. The molecule has 9 heteroatoms. The van der Waals surface area contributed by atoms with Crippen LogP contribution in [0.2, 0.25) is 0 Å². The summed E-state index contributed by atoms with van der Waals surface area (Å²) in [6.45, 7) is -1.65. The number of halogens is 3. The van der Waals surface area contributed by atoms with E-state index in [1.807, 2.05) is 0 Å². The normalized spacial score (nSPS) is 10.4. The number of carbonyl (C=O) groups excluding carboxylic acids is 1. The van der Waals surface area contributed by atoms with E-state index in [0.29, 0.717) is 0 Å². The molecule has 0 amide bonds. The maximum atomic E-state index is 12.3. The number of benzene rings is 1. The van der Waals surface area contributed by atoms with E-state index >= 15 is 0 Å². The molecule has 0 radical (unpaired) electrons. The first-order valence-corrected chi connectivity index (χ1v) is 5.93. The molecule has 0 aliphatic carbocycles. The summed E-state index contributed by atoms with van der Waals surface area (Å²) in [5.74, 6) is -1.69. The molecule has 0 spiro atoms. The van der Waals surface area contributed by atoms with Gasteiger partial charge in [-0.1, -0.05) is 0 Å². The Kier molecular flexibility index (Phi) is 5.63. The zero-order chi connectivity index (χ0) is 15.3. The average molecular weight is 310 g/mol. The third kappa shape index (κ3) is 3.77. The molecule has 1 rings (SSSR count). The predicted octanol–water partition coefficient (Wildman–Crippen LogP) is 3.11. The Morgan fingerprint density at radius 1 is 1.50 bits per heavy atom. The summed E-state index contributed by atoms with van der Waals surface area (Å²) in [6, 6.07) is 1.75. The molecule has 0 saturated heterocycles. The Labute approximate surface area is 117 Å². The maximum Gasteiger partial charge on any atom is 0.387 e. The highest BCUT2D eigenvalue weighted by Crippen LogP contribution is 2.31. The van der Waals surface area contributed by atoms with Crippen molar-refractivity contribution in [1.29, 1.82) is 0 Å². The number of hydrogen-bond donors (Lipinski definition) is 0. The molecule has 0 aliphatic rings. The fraction of sp³-hybridized carbons (Fsp3) is 0.364. The molecule has 0 saturated carbocycles. The van der Waals surface area contributed by atoms with Crippen molar-refractivity contribution >= 4 is 23.3 Å². The van der Waals surface area contributed by atoms with Gasteiger partial charge in [-0.25, -0.2) is 4.79 Å². The lowest BCUT2D eigenvalue weighted by atomic mass is 10.1. The molecule has 0 aromatic heterocycles. The molecule has 110 valence electrons. The van der Waals surface area contributed by atoms with Gasteiger partial charge in [0, 0.05) is 17.7 Å². The second-order valence-electron chi connectivity index (χ2n) is 3.47. The molecule has 0 heterocycles.